The lowest BCUT2D eigenvalue weighted by Crippen LogP contribution is -2.46. The van der Waals surface area contributed by atoms with Crippen LogP contribution in [0, 0.1) is 5.92 Å². The highest BCUT2D eigenvalue weighted by atomic mass is 35.5. The number of nitrogens with zero attached hydrogens (tertiary/aromatic N) is 1. The Hall–Kier alpha value is -2.53. The van der Waals surface area contributed by atoms with Crippen LogP contribution < -0.4 is 10.1 Å². The second-order valence-electron chi connectivity index (χ2n) is 7.33. The topological polar surface area (TPSA) is 58.6 Å². The number of nitrogens with one attached hydrogen (secondary N) is 1. The lowest BCUT2D eigenvalue weighted by atomic mass is 9.94. The van der Waals surface area contributed by atoms with Crippen molar-refractivity contribution >= 4 is 23.4 Å². The Labute approximate surface area is 169 Å². The van der Waals surface area contributed by atoms with Gasteiger partial charge in [-0.2, -0.15) is 0 Å². The molecule has 2 aromatic carbocycles. The molecule has 4 rings (SSSR count). The van der Waals surface area contributed by atoms with E-state index in [9.17, 15) is 9.59 Å². The van der Waals surface area contributed by atoms with E-state index >= 15 is 0 Å². The molecule has 0 spiro atoms. The predicted octanol–water partition coefficient (Wildman–Crippen LogP) is 3.83. The smallest absolute Gasteiger partial charge is 0.253 e. The molecule has 0 aliphatic carbocycles. The van der Waals surface area contributed by atoms with Gasteiger partial charge in [0, 0.05) is 35.7 Å². The molecule has 2 heterocycles. The highest BCUT2D eigenvalue weighted by Crippen LogP contribution is 2.32. The molecule has 0 radical (unpaired) electrons. The van der Waals surface area contributed by atoms with E-state index in [2.05, 4.69) is 5.32 Å². The quantitative estimate of drug-likeness (QED) is 0.854. The van der Waals surface area contributed by atoms with Crippen LogP contribution in [0.2, 0.25) is 5.02 Å². The molecule has 2 aromatic rings. The van der Waals surface area contributed by atoms with Crippen molar-refractivity contribution in [3.8, 4) is 5.75 Å². The Morgan fingerprint density at radius 2 is 1.86 bits per heavy atom. The Kier molecular flexibility index (Phi) is 5.53. The third-order valence-electron chi connectivity index (χ3n) is 5.45. The van der Waals surface area contributed by atoms with Crippen molar-refractivity contribution in [1.29, 1.82) is 0 Å². The fraction of sp³-hybridized carbons (Fsp3) is 0.364. The minimum atomic E-state index is -0.194. The molecule has 2 aliphatic heterocycles. The summed E-state index contributed by atoms with van der Waals surface area (Å²) in [4.78, 5) is 27.5. The number of carbonyl (C=O) groups excluding carboxylic acids is 2. The summed E-state index contributed by atoms with van der Waals surface area (Å²) in [6.07, 6.45) is 2.37. The van der Waals surface area contributed by atoms with E-state index in [1.807, 2.05) is 24.3 Å². The van der Waals surface area contributed by atoms with Crippen molar-refractivity contribution in [2.24, 2.45) is 5.92 Å². The van der Waals surface area contributed by atoms with Crippen LogP contribution in [-0.4, -0.2) is 36.4 Å². The number of ether oxygens (including phenoxy) is 1. The minimum Gasteiger partial charge on any atom is -0.493 e. The molecular weight excluding hydrogens is 376 g/mol. The fourth-order valence-corrected chi connectivity index (χ4v) is 4.06. The number of fused-ring (bicyclic) bond motifs is 1. The molecule has 5 nitrogen and oxygen atoms in total. The van der Waals surface area contributed by atoms with Gasteiger partial charge in [0.05, 0.1) is 18.6 Å². The van der Waals surface area contributed by atoms with Crippen LogP contribution in [0.4, 0.5) is 0 Å². The van der Waals surface area contributed by atoms with Crippen LogP contribution in [0.5, 0.6) is 5.75 Å². The molecular formula is C22H23ClN2O3. The lowest BCUT2D eigenvalue weighted by molar-refractivity contribution is -0.127. The number of likely N-dealkylation sites (tertiary alicyclic amines) is 1. The summed E-state index contributed by atoms with van der Waals surface area (Å²) in [5.41, 5.74) is 1.62. The van der Waals surface area contributed by atoms with Gasteiger partial charge in [-0.3, -0.25) is 9.59 Å². The van der Waals surface area contributed by atoms with Gasteiger partial charge < -0.3 is 15.0 Å². The van der Waals surface area contributed by atoms with E-state index in [-0.39, 0.29) is 23.8 Å². The van der Waals surface area contributed by atoms with E-state index < -0.39 is 0 Å². The Bertz CT molecular complexity index is 868. The third-order valence-corrected chi connectivity index (χ3v) is 5.70. The summed E-state index contributed by atoms with van der Waals surface area (Å²) >= 11 is 5.91. The first-order chi connectivity index (χ1) is 13.6. The van der Waals surface area contributed by atoms with Crippen LogP contribution >= 0.6 is 11.6 Å². The molecule has 146 valence electrons. The SMILES string of the molecule is O=C(NC1CCOc2ccccc21)C1CCCN(C(=O)c2ccc(Cl)cc2)C1. The molecule has 2 amide bonds. The number of hydrogen-bond donors (Lipinski definition) is 1. The number of rotatable bonds is 3. The lowest BCUT2D eigenvalue weighted by Gasteiger charge is -2.34. The van der Waals surface area contributed by atoms with Crippen molar-refractivity contribution in [3.63, 3.8) is 0 Å². The van der Waals surface area contributed by atoms with Gasteiger partial charge in [-0.25, -0.2) is 0 Å². The number of amides is 2. The number of para-hydroxylation sites is 1. The molecule has 0 aromatic heterocycles. The highest BCUT2D eigenvalue weighted by Gasteiger charge is 2.31. The van der Waals surface area contributed by atoms with Crippen molar-refractivity contribution < 1.29 is 14.3 Å². The number of piperidine rings is 1. The molecule has 1 fully saturated rings. The van der Waals surface area contributed by atoms with E-state index in [1.165, 1.54) is 0 Å². The second kappa shape index (κ2) is 8.23. The average molecular weight is 399 g/mol. The summed E-state index contributed by atoms with van der Waals surface area (Å²) in [5.74, 6) is 0.600. The number of hydrogen-bond acceptors (Lipinski definition) is 3. The van der Waals surface area contributed by atoms with Gasteiger partial charge in [0.15, 0.2) is 0 Å². The average Bonchev–Trinajstić information content (AvgIpc) is 2.74. The van der Waals surface area contributed by atoms with Crippen LogP contribution in [0.15, 0.2) is 48.5 Å². The van der Waals surface area contributed by atoms with E-state index in [4.69, 9.17) is 16.3 Å². The molecule has 2 atom stereocenters. The zero-order chi connectivity index (χ0) is 19.5. The van der Waals surface area contributed by atoms with Gasteiger partial charge in [0.2, 0.25) is 5.91 Å². The molecule has 0 saturated carbocycles. The maximum absolute atomic E-state index is 12.9. The van der Waals surface area contributed by atoms with Gasteiger partial charge in [0.1, 0.15) is 5.75 Å². The van der Waals surface area contributed by atoms with Crippen molar-refractivity contribution in [2.45, 2.75) is 25.3 Å². The van der Waals surface area contributed by atoms with E-state index in [0.29, 0.717) is 30.3 Å². The maximum atomic E-state index is 12.9. The summed E-state index contributed by atoms with van der Waals surface area (Å²) in [6.45, 7) is 1.71. The van der Waals surface area contributed by atoms with E-state index in [1.54, 1.807) is 29.2 Å². The first-order valence-electron chi connectivity index (χ1n) is 9.69. The molecule has 1 N–H and O–H groups in total. The zero-order valence-electron chi connectivity index (χ0n) is 15.6. The van der Waals surface area contributed by atoms with Gasteiger partial charge >= 0.3 is 0 Å². The first kappa shape index (κ1) is 18.8. The van der Waals surface area contributed by atoms with Crippen molar-refractivity contribution in [1.82, 2.24) is 10.2 Å². The zero-order valence-corrected chi connectivity index (χ0v) is 16.3. The predicted molar refractivity (Wildman–Crippen MR) is 108 cm³/mol. The normalized spacial score (nSPS) is 21.4. The van der Waals surface area contributed by atoms with Crippen LogP contribution in [0.3, 0.4) is 0 Å². The summed E-state index contributed by atoms with van der Waals surface area (Å²) in [7, 11) is 0. The summed E-state index contributed by atoms with van der Waals surface area (Å²) < 4.78 is 5.67. The van der Waals surface area contributed by atoms with Crippen molar-refractivity contribution in [2.75, 3.05) is 19.7 Å². The van der Waals surface area contributed by atoms with Gasteiger partial charge in [-0.05, 0) is 43.2 Å². The minimum absolute atomic E-state index is 0.00955. The van der Waals surface area contributed by atoms with Crippen LogP contribution in [-0.2, 0) is 4.79 Å². The number of benzene rings is 2. The van der Waals surface area contributed by atoms with Gasteiger partial charge in [-0.15, -0.1) is 0 Å². The molecule has 6 heteroatoms. The Morgan fingerprint density at radius 3 is 2.68 bits per heavy atom. The monoisotopic (exact) mass is 398 g/mol. The molecule has 28 heavy (non-hydrogen) atoms. The molecule has 1 saturated heterocycles. The van der Waals surface area contributed by atoms with Gasteiger partial charge in [-0.1, -0.05) is 29.8 Å². The Balaban J connectivity index is 1.41. The van der Waals surface area contributed by atoms with Crippen LogP contribution in [0.25, 0.3) is 0 Å². The maximum Gasteiger partial charge on any atom is 0.253 e. The number of carbonyl (C=O) groups is 2. The second-order valence-corrected chi connectivity index (χ2v) is 7.77. The molecule has 2 unspecified atom stereocenters. The van der Waals surface area contributed by atoms with Crippen molar-refractivity contribution in [3.05, 3.63) is 64.7 Å². The fourth-order valence-electron chi connectivity index (χ4n) is 3.93. The third kappa shape index (κ3) is 3.99. The Morgan fingerprint density at radius 1 is 1.07 bits per heavy atom. The largest absolute Gasteiger partial charge is 0.493 e. The first-order valence-corrected chi connectivity index (χ1v) is 10.1. The van der Waals surface area contributed by atoms with Gasteiger partial charge in [0.25, 0.3) is 5.91 Å². The summed E-state index contributed by atoms with van der Waals surface area (Å²) in [5, 5.41) is 3.78. The number of halogens is 1. The highest BCUT2D eigenvalue weighted by molar-refractivity contribution is 6.30. The molecule has 2 aliphatic rings. The van der Waals surface area contributed by atoms with Crippen LogP contribution in [0.1, 0.15) is 41.2 Å². The molecule has 0 bridgehead atoms. The summed E-state index contributed by atoms with van der Waals surface area (Å²) in [6, 6.07) is 14.7. The standard InChI is InChI=1S/C22H23ClN2O3/c23-17-9-7-15(8-10-17)22(27)25-12-3-4-16(14-25)21(26)24-19-11-13-28-20-6-2-1-5-18(19)20/h1-2,5-10,16,19H,3-4,11-14H2,(H,24,26). The van der Waals surface area contributed by atoms with E-state index in [0.717, 1.165) is 30.6 Å².